The molecule has 0 N–H and O–H groups in total. The van der Waals surface area contributed by atoms with Crippen molar-refractivity contribution >= 4 is 17.9 Å². The van der Waals surface area contributed by atoms with Crippen molar-refractivity contribution in [3.05, 3.63) is 23.8 Å². The summed E-state index contributed by atoms with van der Waals surface area (Å²) in [6, 6.07) is 0.210. The van der Waals surface area contributed by atoms with E-state index in [2.05, 4.69) is 11.5 Å². The second kappa shape index (κ2) is 9.17. The third kappa shape index (κ3) is 5.19. The quantitative estimate of drug-likeness (QED) is 0.381. The Morgan fingerprint density at radius 1 is 1.15 bits per heavy atom. The highest BCUT2D eigenvalue weighted by Gasteiger charge is 2.47. The molecule has 0 aliphatic carbocycles. The van der Waals surface area contributed by atoms with Gasteiger partial charge in [0.15, 0.2) is 0 Å². The van der Waals surface area contributed by atoms with E-state index < -0.39 is 11.9 Å². The van der Waals surface area contributed by atoms with Crippen molar-refractivity contribution in [2.24, 2.45) is 0 Å². The van der Waals surface area contributed by atoms with Crippen molar-refractivity contribution in [2.75, 3.05) is 13.7 Å². The fourth-order valence-electron chi connectivity index (χ4n) is 3.65. The summed E-state index contributed by atoms with van der Waals surface area (Å²) in [6.07, 6.45) is 3.09. The molecule has 2 aliphatic heterocycles. The summed E-state index contributed by atoms with van der Waals surface area (Å²) >= 11 is 0. The number of carbonyl (C=O) groups excluding carboxylic acids is 3. The number of allylic oxidation sites excluding steroid dienone is 1. The van der Waals surface area contributed by atoms with Crippen LogP contribution < -0.4 is 0 Å². The van der Waals surface area contributed by atoms with E-state index >= 15 is 0 Å². The minimum Gasteiger partial charge on any atom is -0.463 e. The maximum absolute atomic E-state index is 12.1. The minimum absolute atomic E-state index is 0.0171. The molecule has 150 valence electrons. The molecule has 2 fully saturated rings. The standard InChI is InChI=1S/C20H29NO6/c1-6-12(3)20(24)27-17-10-14-9-15(11-16(17)21(14)5)26-18(22)8-13(4)19(23)25-7-2/h6,14-17H,4,7-11H2,1-3,5H3/b12-6-/t14-,15-,16+,17-/m1/s1. The number of piperidine rings is 1. The van der Waals surface area contributed by atoms with Crippen molar-refractivity contribution in [1.29, 1.82) is 0 Å². The Labute approximate surface area is 160 Å². The van der Waals surface area contributed by atoms with Gasteiger partial charge in [-0.25, -0.2) is 9.59 Å². The van der Waals surface area contributed by atoms with Gasteiger partial charge in [-0.3, -0.25) is 9.69 Å². The lowest BCUT2D eigenvalue weighted by atomic mass is 10.00. The summed E-state index contributed by atoms with van der Waals surface area (Å²) in [6.45, 7) is 9.04. The Balaban J connectivity index is 1.90. The average Bonchev–Trinajstić information content (AvgIpc) is 2.79. The fourth-order valence-corrected chi connectivity index (χ4v) is 3.65. The van der Waals surface area contributed by atoms with Gasteiger partial charge < -0.3 is 14.2 Å². The van der Waals surface area contributed by atoms with Crippen molar-refractivity contribution in [1.82, 2.24) is 4.90 Å². The predicted octanol–water partition coefficient (Wildman–Crippen LogP) is 2.15. The topological polar surface area (TPSA) is 82.1 Å². The second-order valence-corrected chi connectivity index (χ2v) is 7.12. The molecule has 0 aromatic heterocycles. The molecule has 0 amide bonds. The number of fused-ring (bicyclic) bond motifs is 2. The molecule has 27 heavy (non-hydrogen) atoms. The van der Waals surface area contributed by atoms with E-state index in [9.17, 15) is 14.4 Å². The number of rotatable bonds is 7. The molecule has 2 bridgehead atoms. The van der Waals surface area contributed by atoms with Gasteiger partial charge >= 0.3 is 17.9 Å². The molecule has 4 atom stereocenters. The summed E-state index contributed by atoms with van der Waals surface area (Å²) in [7, 11) is 2.01. The molecule has 7 nitrogen and oxygen atoms in total. The Bertz CT molecular complexity index is 640. The summed E-state index contributed by atoms with van der Waals surface area (Å²) in [5.74, 6) is -1.37. The maximum atomic E-state index is 12.1. The Hall–Kier alpha value is -2.15. The minimum atomic E-state index is -0.579. The molecular formula is C20H29NO6. The molecule has 7 heteroatoms. The number of likely N-dealkylation sites (N-methyl/N-ethyl adjacent to an activating group) is 1. The van der Waals surface area contributed by atoms with E-state index in [0.29, 0.717) is 18.4 Å². The van der Waals surface area contributed by atoms with Gasteiger partial charge in [0.1, 0.15) is 12.2 Å². The molecule has 0 unspecified atom stereocenters. The highest BCUT2D eigenvalue weighted by atomic mass is 16.6. The summed E-state index contributed by atoms with van der Waals surface area (Å²) in [5.41, 5.74) is 0.672. The van der Waals surface area contributed by atoms with Crippen molar-refractivity contribution < 1.29 is 28.6 Å². The van der Waals surface area contributed by atoms with Crippen molar-refractivity contribution in [2.45, 2.75) is 70.7 Å². The van der Waals surface area contributed by atoms with Crippen LogP contribution in [0.3, 0.4) is 0 Å². The van der Waals surface area contributed by atoms with Gasteiger partial charge in [0.2, 0.25) is 0 Å². The number of ether oxygens (including phenoxy) is 3. The molecule has 2 aliphatic rings. The van der Waals surface area contributed by atoms with Gasteiger partial charge in [-0.15, -0.1) is 0 Å². The predicted molar refractivity (Wildman–Crippen MR) is 98.8 cm³/mol. The number of hydrogen-bond acceptors (Lipinski definition) is 7. The summed E-state index contributed by atoms with van der Waals surface area (Å²) < 4.78 is 16.0. The van der Waals surface area contributed by atoms with Crippen LogP contribution >= 0.6 is 0 Å². The van der Waals surface area contributed by atoms with Crippen LogP contribution in [0.5, 0.6) is 0 Å². The number of nitrogens with zero attached hydrogens (tertiary/aromatic N) is 1. The van der Waals surface area contributed by atoms with Gasteiger partial charge in [0.05, 0.1) is 19.1 Å². The second-order valence-electron chi connectivity index (χ2n) is 7.12. The Kier molecular flexibility index (Phi) is 7.18. The fraction of sp³-hybridized carbons (Fsp3) is 0.650. The van der Waals surface area contributed by atoms with Crippen LogP contribution in [0.15, 0.2) is 23.8 Å². The zero-order chi connectivity index (χ0) is 20.1. The lowest BCUT2D eigenvalue weighted by Crippen LogP contribution is -2.46. The van der Waals surface area contributed by atoms with E-state index in [1.165, 1.54) is 0 Å². The first-order valence-corrected chi connectivity index (χ1v) is 9.37. The Morgan fingerprint density at radius 3 is 2.48 bits per heavy atom. The first kappa shape index (κ1) is 21.2. The SMILES string of the molecule is C=C(CC(=O)O[C@@H]1C[C@@H]2C[C@@H](OC(=O)/C(C)=C\C)[C@H](C1)N2C)C(=O)OCC. The van der Waals surface area contributed by atoms with Crippen LogP contribution in [-0.2, 0) is 28.6 Å². The zero-order valence-corrected chi connectivity index (χ0v) is 16.5. The highest BCUT2D eigenvalue weighted by Crippen LogP contribution is 2.37. The molecule has 0 radical (unpaired) electrons. The third-order valence-corrected chi connectivity index (χ3v) is 5.31. The van der Waals surface area contributed by atoms with Crippen LogP contribution in [0, 0.1) is 0 Å². The van der Waals surface area contributed by atoms with E-state index in [1.54, 1.807) is 26.8 Å². The van der Waals surface area contributed by atoms with E-state index in [1.807, 2.05) is 7.05 Å². The van der Waals surface area contributed by atoms with Gasteiger partial charge in [0, 0.05) is 36.5 Å². The van der Waals surface area contributed by atoms with E-state index in [0.717, 1.165) is 6.42 Å². The number of esters is 3. The lowest BCUT2D eigenvalue weighted by molar-refractivity contribution is -0.155. The lowest BCUT2D eigenvalue weighted by Gasteiger charge is -2.36. The molecule has 0 saturated carbocycles. The largest absolute Gasteiger partial charge is 0.463 e. The highest BCUT2D eigenvalue weighted by molar-refractivity contribution is 5.93. The van der Waals surface area contributed by atoms with Crippen molar-refractivity contribution in [3.63, 3.8) is 0 Å². The third-order valence-electron chi connectivity index (χ3n) is 5.31. The number of hydrogen-bond donors (Lipinski definition) is 0. The normalized spacial score (nSPS) is 27.8. The zero-order valence-electron chi connectivity index (χ0n) is 16.5. The van der Waals surface area contributed by atoms with E-state index in [-0.39, 0.29) is 48.9 Å². The Morgan fingerprint density at radius 2 is 1.85 bits per heavy atom. The summed E-state index contributed by atoms with van der Waals surface area (Å²) in [4.78, 5) is 38.0. The summed E-state index contributed by atoms with van der Waals surface area (Å²) in [5, 5.41) is 0. The van der Waals surface area contributed by atoms with Crippen LogP contribution in [0.25, 0.3) is 0 Å². The van der Waals surface area contributed by atoms with Gasteiger partial charge in [-0.2, -0.15) is 0 Å². The monoisotopic (exact) mass is 379 g/mol. The van der Waals surface area contributed by atoms with Crippen LogP contribution in [0.2, 0.25) is 0 Å². The smallest absolute Gasteiger partial charge is 0.333 e. The molecular weight excluding hydrogens is 350 g/mol. The molecule has 2 saturated heterocycles. The molecule has 0 aromatic carbocycles. The van der Waals surface area contributed by atoms with Crippen LogP contribution in [0.4, 0.5) is 0 Å². The van der Waals surface area contributed by atoms with Gasteiger partial charge in [0.25, 0.3) is 0 Å². The molecule has 0 spiro atoms. The van der Waals surface area contributed by atoms with Crippen LogP contribution in [-0.4, -0.2) is 60.8 Å². The van der Waals surface area contributed by atoms with Crippen molar-refractivity contribution in [3.8, 4) is 0 Å². The van der Waals surface area contributed by atoms with Crippen LogP contribution in [0.1, 0.15) is 46.5 Å². The maximum Gasteiger partial charge on any atom is 0.333 e. The average molecular weight is 379 g/mol. The molecule has 2 rings (SSSR count). The number of carbonyl (C=O) groups is 3. The van der Waals surface area contributed by atoms with Gasteiger partial charge in [-0.05, 0) is 27.8 Å². The van der Waals surface area contributed by atoms with Gasteiger partial charge in [-0.1, -0.05) is 12.7 Å². The van der Waals surface area contributed by atoms with E-state index in [4.69, 9.17) is 14.2 Å². The molecule has 2 heterocycles. The molecule has 0 aromatic rings. The first-order chi connectivity index (χ1) is 12.8. The first-order valence-electron chi connectivity index (χ1n) is 9.37.